The number of aryl methyl sites for hydroxylation is 3. The molecule has 0 atom stereocenters. The Balaban J connectivity index is 1.74. The molecule has 1 N–H and O–H groups in total. The van der Waals surface area contributed by atoms with E-state index in [1.807, 2.05) is 38.1 Å². The van der Waals surface area contributed by atoms with Gasteiger partial charge in [0, 0.05) is 16.0 Å². The number of carbonyl (C=O) groups excluding carboxylic acids is 1. The number of amides is 1. The lowest BCUT2D eigenvalue weighted by atomic mass is 10.1. The first-order valence-electron chi connectivity index (χ1n) is 7.81. The van der Waals surface area contributed by atoms with Crippen LogP contribution in [0.25, 0.3) is 11.3 Å². The van der Waals surface area contributed by atoms with Gasteiger partial charge < -0.3 is 14.6 Å². The van der Waals surface area contributed by atoms with Gasteiger partial charge >= 0.3 is 0 Å². The molecule has 0 saturated carbocycles. The van der Waals surface area contributed by atoms with Gasteiger partial charge in [-0.1, -0.05) is 5.16 Å². The topological polar surface area (TPSA) is 77.2 Å². The number of carbonyl (C=O) groups is 1. The van der Waals surface area contributed by atoms with Crippen molar-refractivity contribution in [2.45, 2.75) is 27.2 Å². The highest BCUT2D eigenvalue weighted by molar-refractivity contribution is 7.16. The van der Waals surface area contributed by atoms with E-state index in [9.17, 15) is 4.79 Å². The Hall–Kier alpha value is -2.67. The summed E-state index contributed by atoms with van der Waals surface area (Å²) in [6.45, 7) is 5.62. The summed E-state index contributed by atoms with van der Waals surface area (Å²) in [5.74, 6) is 1.33. The number of hydrogen-bond donors (Lipinski definition) is 1. The van der Waals surface area contributed by atoms with Crippen molar-refractivity contribution in [2.24, 2.45) is 0 Å². The van der Waals surface area contributed by atoms with Crippen LogP contribution >= 0.6 is 11.3 Å². The predicted octanol–water partition coefficient (Wildman–Crippen LogP) is 3.91. The van der Waals surface area contributed by atoms with Gasteiger partial charge in [0.05, 0.1) is 24.9 Å². The van der Waals surface area contributed by atoms with E-state index in [1.165, 1.54) is 11.3 Å². The summed E-state index contributed by atoms with van der Waals surface area (Å²) >= 11 is 1.46. The first kappa shape index (κ1) is 17.2. The van der Waals surface area contributed by atoms with E-state index in [-0.39, 0.29) is 12.3 Å². The second-order valence-corrected chi connectivity index (χ2v) is 6.88. The van der Waals surface area contributed by atoms with E-state index < -0.39 is 0 Å². The third-order valence-electron chi connectivity index (χ3n) is 3.92. The molecule has 1 aromatic carbocycles. The van der Waals surface area contributed by atoms with E-state index in [0.29, 0.717) is 10.9 Å². The zero-order valence-corrected chi connectivity index (χ0v) is 15.4. The van der Waals surface area contributed by atoms with Crippen molar-refractivity contribution < 1.29 is 14.1 Å². The van der Waals surface area contributed by atoms with Crippen molar-refractivity contribution in [3.63, 3.8) is 0 Å². The van der Waals surface area contributed by atoms with E-state index >= 15 is 0 Å². The van der Waals surface area contributed by atoms with Crippen LogP contribution < -0.4 is 10.1 Å². The van der Waals surface area contributed by atoms with Crippen LogP contribution in [0.3, 0.4) is 0 Å². The maximum atomic E-state index is 12.3. The number of aromatic nitrogens is 2. The Labute approximate surface area is 149 Å². The van der Waals surface area contributed by atoms with Crippen LogP contribution in [0.5, 0.6) is 5.75 Å². The fraction of sp³-hybridized carbons (Fsp3) is 0.278. The summed E-state index contributed by atoms with van der Waals surface area (Å²) in [4.78, 5) is 17.9. The molecule has 2 heterocycles. The van der Waals surface area contributed by atoms with Crippen LogP contribution in [-0.4, -0.2) is 23.2 Å². The third kappa shape index (κ3) is 3.71. The summed E-state index contributed by atoms with van der Waals surface area (Å²) in [7, 11) is 1.63. The van der Waals surface area contributed by atoms with E-state index in [4.69, 9.17) is 9.26 Å². The quantitative estimate of drug-likeness (QED) is 0.749. The second kappa shape index (κ2) is 7.06. The molecule has 3 aromatic rings. The molecule has 130 valence electrons. The minimum absolute atomic E-state index is 0.135. The minimum Gasteiger partial charge on any atom is -0.497 e. The zero-order chi connectivity index (χ0) is 18.0. The van der Waals surface area contributed by atoms with Crippen molar-refractivity contribution in [1.82, 2.24) is 10.1 Å². The van der Waals surface area contributed by atoms with Gasteiger partial charge in [-0.2, -0.15) is 0 Å². The SMILES string of the molecule is COc1ccc(-c2nc(NC(=O)Cc3c(C)noc3C)sc2C)cc1. The van der Waals surface area contributed by atoms with Crippen LogP contribution in [-0.2, 0) is 11.2 Å². The highest BCUT2D eigenvalue weighted by Crippen LogP contribution is 2.31. The Kier molecular flexibility index (Phi) is 4.85. The molecule has 0 bridgehead atoms. The van der Waals surface area contributed by atoms with Gasteiger partial charge in [0.2, 0.25) is 5.91 Å². The van der Waals surface area contributed by atoms with Gasteiger partial charge in [-0.3, -0.25) is 4.79 Å². The molecule has 0 aliphatic carbocycles. The third-order valence-corrected chi connectivity index (χ3v) is 4.81. The van der Waals surface area contributed by atoms with E-state index in [2.05, 4.69) is 15.5 Å². The van der Waals surface area contributed by atoms with Gasteiger partial charge in [-0.05, 0) is 45.0 Å². The lowest BCUT2D eigenvalue weighted by Gasteiger charge is -2.02. The normalized spacial score (nSPS) is 10.7. The average molecular weight is 357 g/mol. The summed E-state index contributed by atoms with van der Waals surface area (Å²) in [5, 5.41) is 7.32. The number of anilines is 1. The van der Waals surface area contributed by atoms with Crippen molar-refractivity contribution in [3.8, 4) is 17.0 Å². The van der Waals surface area contributed by atoms with Crippen LogP contribution in [0, 0.1) is 20.8 Å². The molecule has 3 rings (SSSR count). The summed E-state index contributed by atoms with van der Waals surface area (Å²) in [5.41, 5.74) is 3.41. The van der Waals surface area contributed by atoms with Gasteiger partial charge in [-0.15, -0.1) is 11.3 Å². The molecule has 0 spiro atoms. The molecule has 25 heavy (non-hydrogen) atoms. The number of ether oxygens (including phenoxy) is 1. The fourth-order valence-corrected chi connectivity index (χ4v) is 3.40. The van der Waals surface area contributed by atoms with Gasteiger partial charge in [0.25, 0.3) is 0 Å². The number of nitrogens with zero attached hydrogens (tertiary/aromatic N) is 2. The average Bonchev–Trinajstić information content (AvgIpc) is 3.11. The first-order valence-corrected chi connectivity index (χ1v) is 8.63. The van der Waals surface area contributed by atoms with Gasteiger partial charge in [-0.25, -0.2) is 4.98 Å². The van der Waals surface area contributed by atoms with Crippen molar-refractivity contribution in [3.05, 3.63) is 46.2 Å². The molecular weight excluding hydrogens is 338 g/mol. The van der Waals surface area contributed by atoms with Crippen LogP contribution in [0.4, 0.5) is 5.13 Å². The molecule has 7 heteroatoms. The molecule has 6 nitrogen and oxygen atoms in total. The lowest BCUT2D eigenvalue weighted by Crippen LogP contribution is -2.15. The molecule has 0 aliphatic rings. The number of thiazole rings is 1. The lowest BCUT2D eigenvalue weighted by molar-refractivity contribution is -0.115. The Bertz CT molecular complexity index is 877. The first-order chi connectivity index (χ1) is 12.0. The zero-order valence-electron chi connectivity index (χ0n) is 14.5. The standard InChI is InChI=1S/C18H19N3O3S/c1-10-15(11(2)24-21-10)9-16(22)19-18-20-17(12(3)25-18)13-5-7-14(23-4)8-6-13/h5-8H,9H2,1-4H3,(H,19,20,22). The van der Waals surface area contributed by atoms with Crippen LogP contribution in [0.1, 0.15) is 21.9 Å². The number of benzene rings is 1. The van der Waals surface area contributed by atoms with E-state index in [1.54, 1.807) is 14.0 Å². The summed E-state index contributed by atoms with van der Waals surface area (Å²) in [6.07, 6.45) is 0.220. The van der Waals surface area contributed by atoms with Crippen LogP contribution in [0.15, 0.2) is 28.8 Å². The Morgan fingerprint density at radius 2 is 1.96 bits per heavy atom. The second-order valence-electron chi connectivity index (χ2n) is 5.68. The predicted molar refractivity (Wildman–Crippen MR) is 97.1 cm³/mol. The fourth-order valence-electron chi connectivity index (χ4n) is 2.54. The van der Waals surface area contributed by atoms with Gasteiger partial charge in [0.1, 0.15) is 11.5 Å². The maximum Gasteiger partial charge on any atom is 0.230 e. The molecular formula is C18H19N3O3S. The minimum atomic E-state index is -0.135. The van der Waals surface area contributed by atoms with Crippen LogP contribution in [0.2, 0.25) is 0 Å². The highest BCUT2D eigenvalue weighted by atomic mass is 32.1. The summed E-state index contributed by atoms with van der Waals surface area (Å²) < 4.78 is 10.3. The number of methoxy groups -OCH3 is 1. The molecule has 0 saturated heterocycles. The van der Waals surface area contributed by atoms with Crippen molar-refractivity contribution in [1.29, 1.82) is 0 Å². The maximum absolute atomic E-state index is 12.3. The molecule has 0 aliphatic heterocycles. The monoisotopic (exact) mass is 357 g/mol. The Morgan fingerprint density at radius 3 is 2.56 bits per heavy atom. The smallest absolute Gasteiger partial charge is 0.230 e. The largest absolute Gasteiger partial charge is 0.497 e. The highest BCUT2D eigenvalue weighted by Gasteiger charge is 2.16. The molecule has 2 aromatic heterocycles. The van der Waals surface area contributed by atoms with Crippen molar-refractivity contribution in [2.75, 3.05) is 12.4 Å². The van der Waals surface area contributed by atoms with Gasteiger partial charge in [0.15, 0.2) is 5.13 Å². The summed E-state index contributed by atoms with van der Waals surface area (Å²) in [6, 6.07) is 7.69. The molecule has 1 amide bonds. The molecule has 0 unspecified atom stereocenters. The Morgan fingerprint density at radius 1 is 1.24 bits per heavy atom. The number of rotatable bonds is 5. The van der Waals surface area contributed by atoms with Crippen molar-refractivity contribution >= 4 is 22.4 Å². The number of hydrogen-bond acceptors (Lipinski definition) is 6. The number of nitrogens with one attached hydrogen (secondary N) is 1. The molecule has 0 radical (unpaired) electrons. The van der Waals surface area contributed by atoms with E-state index in [0.717, 1.165) is 33.1 Å². The molecule has 0 fully saturated rings.